The lowest BCUT2D eigenvalue weighted by atomic mass is 10.00. The molecule has 0 aliphatic carbocycles. The molecule has 25 heavy (non-hydrogen) atoms. The van der Waals surface area contributed by atoms with E-state index in [0.717, 1.165) is 16.3 Å². The minimum Gasteiger partial charge on any atom is -0.324 e. The van der Waals surface area contributed by atoms with Gasteiger partial charge in [-0.05, 0) is 41.5 Å². The Hall–Kier alpha value is -2.43. The Bertz CT molecular complexity index is 908. The zero-order valence-corrected chi connectivity index (χ0v) is 14.5. The Morgan fingerprint density at radius 2 is 1.88 bits per heavy atom. The van der Waals surface area contributed by atoms with Crippen LogP contribution < -0.4 is 10.6 Å². The molecule has 0 heterocycles. The molecule has 5 heteroatoms. The lowest BCUT2D eigenvalue weighted by Crippen LogP contribution is -2.30. The second kappa shape index (κ2) is 7.64. The molecule has 0 fully saturated rings. The maximum Gasteiger partial charge on any atom is 0.238 e. The molecule has 1 amide bonds. The third kappa shape index (κ3) is 4.16. The van der Waals surface area contributed by atoms with Gasteiger partial charge in [-0.2, -0.15) is 0 Å². The first-order valence-corrected chi connectivity index (χ1v) is 8.38. The largest absolute Gasteiger partial charge is 0.324 e. The summed E-state index contributed by atoms with van der Waals surface area (Å²) in [5, 5.41) is 8.39. The average molecular weight is 357 g/mol. The number of anilines is 1. The fourth-order valence-electron chi connectivity index (χ4n) is 2.77. The second-order valence-corrected chi connectivity index (χ2v) is 6.25. The van der Waals surface area contributed by atoms with Crippen LogP contribution >= 0.6 is 11.6 Å². The van der Waals surface area contributed by atoms with Gasteiger partial charge in [-0.1, -0.05) is 54.1 Å². The molecule has 0 saturated carbocycles. The van der Waals surface area contributed by atoms with E-state index in [9.17, 15) is 9.18 Å². The van der Waals surface area contributed by atoms with Crippen LogP contribution in [0, 0.1) is 5.82 Å². The van der Waals surface area contributed by atoms with Crippen molar-refractivity contribution < 1.29 is 9.18 Å². The number of fused-ring (bicyclic) bond motifs is 1. The predicted octanol–water partition coefficient (Wildman–Crippen LogP) is 4.92. The summed E-state index contributed by atoms with van der Waals surface area (Å²) >= 11 is 5.92. The van der Waals surface area contributed by atoms with E-state index >= 15 is 0 Å². The van der Waals surface area contributed by atoms with Crippen LogP contribution in [0.15, 0.2) is 60.7 Å². The number of hydrogen-bond donors (Lipinski definition) is 2. The van der Waals surface area contributed by atoms with Crippen LogP contribution in [0.2, 0.25) is 5.02 Å². The Balaban J connectivity index is 1.65. The van der Waals surface area contributed by atoms with Crippen LogP contribution in [-0.2, 0) is 4.79 Å². The van der Waals surface area contributed by atoms with Gasteiger partial charge in [0.15, 0.2) is 0 Å². The summed E-state index contributed by atoms with van der Waals surface area (Å²) in [4.78, 5) is 12.1. The van der Waals surface area contributed by atoms with Crippen LogP contribution in [-0.4, -0.2) is 12.5 Å². The van der Waals surface area contributed by atoms with Gasteiger partial charge in [-0.15, -0.1) is 0 Å². The summed E-state index contributed by atoms with van der Waals surface area (Å²) in [6, 6.07) is 18.1. The molecule has 0 aliphatic rings. The third-order valence-electron chi connectivity index (χ3n) is 4.06. The van der Waals surface area contributed by atoms with Gasteiger partial charge in [0.05, 0.1) is 17.3 Å². The molecule has 0 unspecified atom stereocenters. The monoisotopic (exact) mass is 356 g/mol. The van der Waals surface area contributed by atoms with Gasteiger partial charge in [0.2, 0.25) is 5.91 Å². The maximum atomic E-state index is 13.0. The van der Waals surface area contributed by atoms with Crippen molar-refractivity contribution in [2.75, 3.05) is 11.9 Å². The normalized spacial score (nSPS) is 12.1. The van der Waals surface area contributed by atoms with Gasteiger partial charge in [-0.25, -0.2) is 4.39 Å². The summed E-state index contributed by atoms with van der Waals surface area (Å²) in [5.74, 6) is -0.675. The number of nitrogens with one attached hydrogen (secondary N) is 2. The van der Waals surface area contributed by atoms with E-state index in [1.165, 1.54) is 18.2 Å². The van der Waals surface area contributed by atoms with E-state index in [0.29, 0.717) is 5.69 Å². The molecule has 0 aromatic heterocycles. The lowest BCUT2D eigenvalue weighted by molar-refractivity contribution is -0.115. The molecule has 3 aromatic rings. The van der Waals surface area contributed by atoms with Crippen molar-refractivity contribution in [3.05, 3.63) is 77.1 Å². The highest BCUT2D eigenvalue weighted by Crippen LogP contribution is 2.24. The third-order valence-corrected chi connectivity index (χ3v) is 4.38. The van der Waals surface area contributed by atoms with Crippen LogP contribution in [0.1, 0.15) is 18.5 Å². The summed E-state index contributed by atoms with van der Waals surface area (Å²) in [6.45, 7) is 2.14. The molecule has 0 aliphatic heterocycles. The fourth-order valence-corrected chi connectivity index (χ4v) is 2.98. The first kappa shape index (κ1) is 17.4. The smallest absolute Gasteiger partial charge is 0.238 e. The number of carbonyl (C=O) groups excluding carboxylic acids is 1. The molecule has 2 N–H and O–H groups in total. The van der Waals surface area contributed by atoms with E-state index in [1.807, 2.05) is 25.1 Å². The van der Waals surface area contributed by atoms with Crippen molar-refractivity contribution in [1.82, 2.24) is 5.32 Å². The van der Waals surface area contributed by atoms with E-state index in [-0.39, 0.29) is 23.5 Å². The Labute approximate surface area is 150 Å². The van der Waals surface area contributed by atoms with Gasteiger partial charge in [0, 0.05) is 6.04 Å². The van der Waals surface area contributed by atoms with Crippen LogP contribution in [0.4, 0.5) is 10.1 Å². The topological polar surface area (TPSA) is 41.1 Å². The highest BCUT2D eigenvalue weighted by Gasteiger charge is 2.12. The summed E-state index contributed by atoms with van der Waals surface area (Å²) in [6.07, 6.45) is 0. The van der Waals surface area contributed by atoms with Gasteiger partial charge in [-0.3, -0.25) is 4.79 Å². The highest BCUT2D eigenvalue weighted by molar-refractivity contribution is 6.33. The molecule has 3 nitrogen and oxygen atoms in total. The summed E-state index contributed by atoms with van der Waals surface area (Å²) in [5.41, 5.74) is 1.53. The number of carbonyl (C=O) groups is 1. The summed E-state index contributed by atoms with van der Waals surface area (Å²) < 4.78 is 13.0. The quantitative estimate of drug-likeness (QED) is 0.681. The number of amides is 1. The van der Waals surface area contributed by atoms with Gasteiger partial charge >= 0.3 is 0 Å². The maximum absolute atomic E-state index is 13.0. The van der Waals surface area contributed by atoms with E-state index < -0.39 is 5.82 Å². The molecule has 0 bridgehead atoms. The minimum absolute atomic E-state index is 0.000500. The number of benzene rings is 3. The van der Waals surface area contributed by atoms with E-state index in [4.69, 9.17) is 11.6 Å². The first-order chi connectivity index (χ1) is 12.0. The average Bonchev–Trinajstić information content (AvgIpc) is 2.61. The molecule has 1 atom stereocenters. The highest BCUT2D eigenvalue weighted by atomic mass is 35.5. The second-order valence-electron chi connectivity index (χ2n) is 5.84. The van der Waals surface area contributed by atoms with E-state index in [2.05, 4.69) is 34.9 Å². The van der Waals surface area contributed by atoms with Crippen LogP contribution in [0.5, 0.6) is 0 Å². The van der Waals surface area contributed by atoms with Gasteiger partial charge in [0.1, 0.15) is 5.82 Å². The van der Waals surface area contributed by atoms with Gasteiger partial charge in [0.25, 0.3) is 0 Å². The SMILES string of the molecule is C[C@@H](NCC(=O)Nc1ccc(F)cc1Cl)c1cccc2ccccc12. The zero-order valence-electron chi connectivity index (χ0n) is 13.7. The summed E-state index contributed by atoms with van der Waals surface area (Å²) in [7, 11) is 0. The Kier molecular flexibility index (Phi) is 5.31. The molecule has 0 spiro atoms. The first-order valence-electron chi connectivity index (χ1n) is 8.00. The molecular weight excluding hydrogens is 339 g/mol. The van der Waals surface area contributed by atoms with E-state index in [1.54, 1.807) is 0 Å². The zero-order chi connectivity index (χ0) is 17.8. The van der Waals surface area contributed by atoms with Crippen LogP contribution in [0.3, 0.4) is 0 Å². The molecule has 3 rings (SSSR count). The number of halogens is 2. The molecule has 0 saturated heterocycles. The standard InChI is InChI=1S/C20H18ClFN2O/c1-13(16-8-4-6-14-5-2-3-7-17(14)16)23-12-20(25)24-19-10-9-15(22)11-18(19)21/h2-11,13,23H,12H2,1H3,(H,24,25)/t13-/m1/s1. The molecule has 0 radical (unpaired) electrons. The van der Waals surface area contributed by atoms with Crippen molar-refractivity contribution in [2.24, 2.45) is 0 Å². The fraction of sp³-hybridized carbons (Fsp3) is 0.150. The predicted molar refractivity (Wildman–Crippen MR) is 100 cm³/mol. The van der Waals surface area contributed by atoms with Crippen molar-refractivity contribution in [3.63, 3.8) is 0 Å². The molecule has 3 aromatic carbocycles. The lowest BCUT2D eigenvalue weighted by Gasteiger charge is -2.16. The van der Waals surface area contributed by atoms with Gasteiger partial charge < -0.3 is 10.6 Å². The minimum atomic E-state index is -0.439. The Morgan fingerprint density at radius 3 is 2.68 bits per heavy atom. The van der Waals surface area contributed by atoms with Crippen molar-refractivity contribution >= 4 is 34.0 Å². The van der Waals surface area contributed by atoms with Crippen molar-refractivity contribution in [1.29, 1.82) is 0 Å². The Morgan fingerprint density at radius 1 is 1.12 bits per heavy atom. The number of hydrogen-bond acceptors (Lipinski definition) is 2. The number of rotatable bonds is 5. The van der Waals surface area contributed by atoms with Crippen molar-refractivity contribution in [2.45, 2.75) is 13.0 Å². The van der Waals surface area contributed by atoms with Crippen LogP contribution in [0.25, 0.3) is 10.8 Å². The molecular formula is C20H18ClFN2O. The molecule has 128 valence electrons. The van der Waals surface area contributed by atoms with Crippen molar-refractivity contribution in [3.8, 4) is 0 Å².